The summed E-state index contributed by atoms with van der Waals surface area (Å²) in [6, 6.07) is 2.21. The number of hydrogen-bond acceptors (Lipinski definition) is 5. The maximum atomic E-state index is 5.99. The van der Waals surface area contributed by atoms with Crippen LogP contribution in [0.5, 0.6) is 0 Å². The van der Waals surface area contributed by atoms with Crippen molar-refractivity contribution in [2.24, 2.45) is 5.73 Å². The Hall–Kier alpha value is -0.460. The number of fused-ring (bicyclic) bond motifs is 1. The minimum atomic E-state index is -0.303. The van der Waals surface area contributed by atoms with Gasteiger partial charge in [-0.05, 0) is 30.4 Å². The van der Waals surface area contributed by atoms with Crippen molar-refractivity contribution in [2.45, 2.75) is 31.7 Å². The summed E-state index contributed by atoms with van der Waals surface area (Å²) in [6.07, 6.45) is 0.783. The molecular formula is C13H22N2O2S. The molecule has 0 aromatic carbocycles. The zero-order chi connectivity index (χ0) is 13.2. The fourth-order valence-corrected chi connectivity index (χ4v) is 3.55. The Morgan fingerprint density at radius 3 is 2.83 bits per heavy atom. The smallest absolute Gasteiger partial charge is 0.176 e. The Balaban J connectivity index is 2.19. The number of rotatable bonds is 5. The summed E-state index contributed by atoms with van der Waals surface area (Å²) in [7, 11) is 3.34. The number of methoxy groups -OCH3 is 2. The second-order valence-corrected chi connectivity index (χ2v) is 5.91. The highest BCUT2D eigenvalue weighted by Gasteiger charge is 2.40. The normalized spacial score (nSPS) is 19.8. The first-order chi connectivity index (χ1) is 8.65. The van der Waals surface area contributed by atoms with Gasteiger partial charge in [0.2, 0.25) is 0 Å². The molecule has 0 saturated heterocycles. The Morgan fingerprint density at radius 1 is 1.50 bits per heavy atom. The predicted molar refractivity (Wildman–Crippen MR) is 73.7 cm³/mol. The topological polar surface area (TPSA) is 47.7 Å². The standard InChI is InChI=1S/C13H22N2O2S/c1-13(9-14,12(16-2)17-3)15-6-4-11-10(8-15)5-7-18-11/h5,7,12H,4,6,8-9,14H2,1-3H3. The molecule has 5 heteroatoms. The molecule has 2 rings (SSSR count). The van der Waals surface area contributed by atoms with Gasteiger partial charge in [0.05, 0.1) is 5.54 Å². The van der Waals surface area contributed by atoms with Gasteiger partial charge in [-0.3, -0.25) is 4.90 Å². The third-order valence-electron chi connectivity index (χ3n) is 3.88. The van der Waals surface area contributed by atoms with Crippen molar-refractivity contribution in [1.82, 2.24) is 4.90 Å². The van der Waals surface area contributed by atoms with E-state index in [1.807, 2.05) is 11.3 Å². The van der Waals surface area contributed by atoms with E-state index in [9.17, 15) is 0 Å². The van der Waals surface area contributed by atoms with E-state index in [0.717, 1.165) is 19.5 Å². The van der Waals surface area contributed by atoms with E-state index in [2.05, 4.69) is 23.3 Å². The first-order valence-electron chi connectivity index (χ1n) is 6.21. The third-order valence-corrected chi connectivity index (χ3v) is 4.90. The Morgan fingerprint density at radius 2 is 2.22 bits per heavy atom. The molecule has 1 aliphatic rings. The average Bonchev–Trinajstić information content (AvgIpc) is 2.86. The molecule has 4 nitrogen and oxygen atoms in total. The highest BCUT2D eigenvalue weighted by atomic mass is 32.1. The largest absolute Gasteiger partial charge is 0.354 e. The van der Waals surface area contributed by atoms with Crippen molar-refractivity contribution in [3.05, 3.63) is 21.9 Å². The van der Waals surface area contributed by atoms with E-state index in [4.69, 9.17) is 15.2 Å². The minimum absolute atomic E-state index is 0.289. The van der Waals surface area contributed by atoms with Crippen LogP contribution < -0.4 is 5.73 Å². The van der Waals surface area contributed by atoms with Gasteiger partial charge in [-0.2, -0.15) is 0 Å². The van der Waals surface area contributed by atoms with Gasteiger partial charge in [0.15, 0.2) is 6.29 Å². The molecule has 1 atom stereocenters. The zero-order valence-corrected chi connectivity index (χ0v) is 12.1. The average molecular weight is 270 g/mol. The molecule has 0 spiro atoms. The molecule has 2 heterocycles. The summed E-state index contributed by atoms with van der Waals surface area (Å²) >= 11 is 1.85. The van der Waals surface area contributed by atoms with Crippen LogP contribution in [0.3, 0.4) is 0 Å². The molecule has 2 N–H and O–H groups in total. The van der Waals surface area contributed by atoms with Gasteiger partial charge in [0, 0.05) is 38.7 Å². The van der Waals surface area contributed by atoms with E-state index >= 15 is 0 Å². The summed E-state index contributed by atoms with van der Waals surface area (Å²) in [5, 5.41) is 2.16. The lowest BCUT2D eigenvalue weighted by atomic mass is 9.95. The van der Waals surface area contributed by atoms with E-state index in [0.29, 0.717) is 6.54 Å². The molecule has 0 saturated carbocycles. The summed E-state index contributed by atoms with van der Waals surface area (Å²) < 4.78 is 10.9. The maximum Gasteiger partial charge on any atom is 0.176 e. The Labute approximate surface area is 113 Å². The summed E-state index contributed by atoms with van der Waals surface area (Å²) in [5.74, 6) is 0. The predicted octanol–water partition coefficient (Wildman–Crippen LogP) is 1.44. The SMILES string of the molecule is COC(OC)C(C)(CN)N1CCc2sccc2C1. The van der Waals surface area contributed by atoms with Gasteiger partial charge in [-0.25, -0.2) is 0 Å². The van der Waals surface area contributed by atoms with E-state index in [1.54, 1.807) is 14.2 Å². The van der Waals surface area contributed by atoms with E-state index < -0.39 is 0 Å². The van der Waals surface area contributed by atoms with Crippen molar-refractivity contribution < 1.29 is 9.47 Å². The van der Waals surface area contributed by atoms with Crippen molar-refractivity contribution in [3.63, 3.8) is 0 Å². The quantitative estimate of drug-likeness (QED) is 0.823. The second-order valence-electron chi connectivity index (χ2n) is 4.91. The van der Waals surface area contributed by atoms with Gasteiger partial charge in [-0.1, -0.05) is 0 Å². The number of nitrogens with zero attached hydrogens (tertiary/aromatic N) is 1. The molecule has 1 aliphatic heterocycles. The monoisotopic (exact) mass is 270 g/mol. The Kier molecular flexibility index (Phi) is 4.40. The Bertz CT molecular complexity index is 392. The lowest BCUT2D eigenvalue weighted by Gasteiger charge is -2.45. The molecule has 0 fully saturated rings. The highest BCUT2D eigenvalue weighted by molar-refractivity contribution is 7.10. The summed E-state index contributed by atoms with van der Waals surface area (Å²) in [6.45, 7) is 4.56. The van der Waals surface area contributed by atoms with E-state index in [1.165, 1.54) is 10.4 Å². The van der Waals surface area contributed by atoms with E-state index in [-0.39, 0.29) is 11.8 Å². The van der Waals surface area contributed by atoms with Crippen LogP contribution >= 0.6 is 11.3 Å². The summed E-state index contributed by atoms with van der Waals surface area (Å²) in [4.78, 5) is 3.87. The summed E-state index contributed by atoms with van der Waals surface area (Å²) in [5.41, 5.74) is 7.11. The van der Waals surface area contributed by atoms with Crippen LogP contribution in [0.2, 0.25) is 0 Å². The lowest BCUT2D eigenvalue weighted by Crippen LogP contribution is -2.61. The molecule has 0 aliphatic carbocycles. The third kappa shape index (κ3) is 2.33. The highest BCUT2D eigenvalue weighted by Crippen LogP contribution is 2.30. The molecule has 1 aromatic rings. The van der Waals surface area contributed by atoms with Crippen molar-refractivity contribution in [3.8, 4) is 0 Å². The van der Waals surface area contributed by atoms with Crippen molar-refractivity contribution >= 4 is 11.3 Å². The number of hydrogen-bond donors (Lipinski definition) is 1. The molecule has 102 valence electrons. The second kappa shape index (κ2) is 5.67. The lowest BCUT2D eigenvalue weighted by molar-refractivity contribution is -0.183. The fourth-order valence-electron chi connectivity index (χ4n) is 2.66. The van der Waals surface area contributed by atoms with Gasteiger partial charge in [0.25, 0.3) is 0 Å². The maximum absolute atomic E-state index is 5.99. The number of nitrogens with two attached hydrogens (primary N) is 1. The molecule has 0 radical (unpaired) electrons. The van der Waals surface area contributed by atoms with Gasteiger partial charge in [-0.15, -0.1) is 11.3 Å². The van der Waals surface area contributed by atoms with Crippen LogP contribution in [0.25, 0.3) is 0 Å². The first kappa shape index (κ1) is 14.0. The van der Waals surface area contributed by atoms with Gasteiger partial charge >= 0.3 is 0 Å². The van der Waals surface area contributed by atoms with Crippen LogP contribution in [-0.2, 0) is 22.4 Å². The van der Waals surface area contributed by atoms with Crippen LogP contribution in [-0.4, -0.2) is 44.0 Å². The molecule has 18 heavy (non-hydrogen) atoms. The minimum Gasteiger partial charge on any atom is -0.354 e. The number of ether oxygens (including phenoxy) is 2. The number of thiophene rings is 1. The molecule has 1 unspecified atom stereocenters. The fraction of sp³-hybridized carbons (Fsp3) is 0.692. The molecule has 0 amide bonds. The molecular weight excluding hydrogens is 248 g/mol. The van der Waals surface area contributed by atoms with Gasteiger partial charge < -0.3 is 15.2 Å². The van der Waals surface area contributed by atoms with Crippen molar-refractivity contribution in [2.75, 3.05) is 27.3 Å². The molecule has 1 aromatic heterocycles. The first-order valence-corrected chi connectivity index (χ1v) is 7.09. The van der Waals surface area contributed by atoms with Crippen LogP contribution in [0.1, 0.15) is 17.4 Å². The van der Waals surface area contributed by atoms with Crippen LogP contribution in [0.15, 0.2) is 11.4 Å². The zero-order valence-electron chi connectivity index (χ0n) is 11.3. The van der Waals surface area contributed by atoms with Crippen LogP contribution in [0.4, 0.5) is 0 Å². The van der Waals surface area contributed by atoms with Crippen LogP contribution in [0, 0.1) is 0 Å². The van der Waals surface area contributed by atoms with Gasteiger partial charge in [0.1, 0.15) is 0 Å². The van der Waals surface area contributed by atoms with Crippen molar-refractivity contribution in [1.29, 1.82) is 0 Å². The molecule has 0 bridgehead atoms.